The minimum atomic E-state index is -0.985. The van der Waals surface area contributed by atoms with Gasteiger partial charge in [-0.05, 0) is 51.2 Å². The summed E-state index contributed by atoms with van der Waals surface area (Å²) in [6.07, 6.45) is 6.95. The second-order valence-corrected chi connectivity index (χ2v) is 13.4. The monoisotopic (exact) mass is 745 g/mol. The molecule has 0 saturated carbocycles. The third-order valence-electron chi connectivity index (χ3n) is 9.04. The Labute approximate surface area is 316 Å². The van der Waals surface area contributed by atoms with Crippen LogP contribution in [0.2, 0.25) is 0 Å². The van der Waals surface area contributed by atoms with Gasteiger partial charge in [-0.3, -0.25) is 24.0 Å². The average Bonchev–Trinajstić information content (AvgIpc) is 3.80. The molecule has 0 aliphatic carbocycles. The van der Waals surface area contributed by atoms with Gasteiger partial charge in [0.05, 0.1) is 13.0 Å². The number of esters is 1. The highest BCUT2D eigenvalue weighted by atomic mass is 16.5. The van der Waals surface area contributed by atoms with Gasteiger partial charge < -0.3 is 41.1 Å². The lowest BCUT2D eigenvalue weighted by Gasteiger charge is -2.33. The lowest BCUT2D eigenvalue weighted by Crippen LogP contribution is -2.57. The molecule has 0 aromatic heterocycles. The zero-order chi connectivity index (χ0) is 39.8. The molecule has 3 saturated heterocycles. The van der Waals surface area contributed by atoms with Gasteiger partial charge in [0.15, 0.2) is 0 Å². The molecule has 5 atom stereocenters. The molecule has 3 fully saturated rings. The van der Waals surface area contributed by atoms with E-state index in [2.05, 4.69) is 40.9 Å². The number of rotatable bonds is 4. The maximum atomic E-state index is 13.2. The number of carbonyl (C=O) groups excluding carboxylic acids is 7. The summed E-state index contributed by atoms with van der Waals surface area (Å²) in [5.74, 6) is -0.273. The molecule has 15 nitrogen and oxygen atoms in total. The third-order valence-corrected chi connectivity index (χ3v) is 9.04. The van der Waals surface area contributed by atoms with Crippen LogP contribution in [0.25, 0.3) is 0 Å². The molecule has 3 heterocycles. The smallest absolute Gasteiger partial charge is 0.328 e. The summed E-state index contributed by atoms with van der Waals surface area (Å²) in [6.45, 7) is 6.05. The molecule has 15 heteroatoms. The fourth-order valence-corrected chi connectivity index (χ4v) is 6.24. The Morgan fingerprint density at radius 1 is 0.963 bits per heavy atom. The van der Waals surface area contributed by atoms with E-state index in [9.17, 15) is 33.6 Å². The van der Waals surface area contributed by atoms with Gasteiger partial charge in [0.2, 0.25) is 29.5 Å². The summed E-state index contributed by atoms with van der Waals surface area (Å²) in [5.41, 5.74) is 6.84. The van der Waals surface area contributed by atoms with Gasteiger partial charge >= 0.3 is 12.0 Å². The standard InChI is InChI=1S/C23H32N4O6.C9H11N3O2.C7H8/c1-5-7-16-20(29)24-15(3)21(30)27-13-14(2)12-18(27)23(32)33-11-9-19(28)26-10-6-8-17(26)22(31)25(16)4;10-8(13)6-11-9(14)12-7-4-2-1-3-5-7;1-7-5-3-2-4-6-7/h1,14-18H,6-13H2,2-4H3,(H,24,29);1-5H,6H2,(H2,10,13)(H2,11,12,14);2-6H,1H3. The Morgan fingerprint density at radius 2 is 1.61 bits per heavy atom. The van der Waals surface area contributed by atoms with E-state index in [0.717, 1.165) is 0 Å². The van der Waals surface area contributed by atoms with Crippen molar-refractivity contribution in [2.75, 3.05) is 38.6 Å². The molecular formula is C39H51N7O8. The number of nitrogens with zero attached hydrogens (tertiary/aromatic N) is 3. The number of benzene rings is 2. The molecule has 0 radical (unpaired) electrons. The van der Waals surface area contributed by atoms with E-state index in [4.69, 9.17) is 16.9 Å². The predicted octanol–water partition coefficient (Wildman–Crippen LogP) is 1.80. The van der Waals surface area contributed by atoms with E-state index < -0.39 is 53.9 Å². The van der Waals surface area contributed by atoms with Crippen LogP contribution in [-0.2, 0) is 33.5 Å². The normalized spacial score (nSPS) is 23.2. The summed E-state index contributed by atoms with van der Waals surface area (Å²) >= 11 is 0. The van der Waals surface area contributed by atoms with Crippen molar-refractivity contribution in [1.29, 1.82) is 0 Å². The molecule has 0 spiro atoms. The highest BCUT2D eigenvalue weighted by molar-refractivity contribution is 5.96. The minimum Gasteiger partial charge on any atom is -0.464 e. The molecule has 7 amide bonds. The number of terminal acetylenes is 1. The van der Waals surface area contributed by atoms with E-state index >= 15 is 0 Å². The van der Waals surface area contributed by atoms with Crippen molar-refractivity contribution < 1.29 is 38.3 Å². The first-order valence-corrected chi connectivity index (χ1v) is 17.9. The van der Waals surface area contributed by atoms with Crippen LogP contribution in [0, 0.1) is 25.2 Å². The summed E-state index contributed by atoms with van der Waals surface area (Å²) in [4.78, 5) is 90.4. The zero-order valence-electron chi connectivity index (χ0n) is 31.3. The topological polar surface area (TPSA) is 201 Å². The van der Waals surface area contributed by atoms with Crippen molar-refractivity contribution in [2.24, 2.45) is 11.7 Å². The molecule has 2 aromatic rings. The van der Waals surface area contributed by atoms with Crippen LogP contribution in [-0.4, -0.2) is 114 Å². The van der Waals surface area contributed by atoms with Crippen LogP contribution in [0.4, 0.5) is 10.5 Å². The summed E-state index contributed by atoms with van der Waals surface area (Å²) in [7, 11) is 1.49. The summed E-state index contributed by atoms with van der Waals surface area (Å²) in [5, 5.41) is 7.50. The maximum Gasteiger partial charge on any atom is 0.328 e. The van der Waals surface area contributed by atoms with E-state index in [1.54, 1.807) is 31.2 Å². The molecule has 0 bridgehead atoms. The molecular weight excluding hydrogens is 694 g/mol. The number of nitrogens with two attached hydrogens (primary N) is 1. The zero-order valence-corrected chi connectivity index (χ0v) is 31.3. The SMILES string of the molecule is C#CCC1C(=O)NC(C)C(=O)N2CC(C)CC2C(=O)OCCC(=O)N2CCCC2C(=O)N1C.Cc1ccccc1.NC(=O)CNC(=O)Nc1ccccc1. The number of para-hydroxylation sites is 1. The van der Waals surface area contributed by atoms with Gasteiger partial charge in [0.25, 0.3) is 0 Å². The highest BCUT2D eigenvalue weighted by Gasteiger charge is 2.43. The molecule has 290 valence electrons. The van der Waals surface area contributed by atoms with Crippen LogP contribution in [0.3, 0.4) is 0 Å². The lowest BCUT2D eigenvalue weighted by atomic mass is 10.1. The Bertz CT molecular complexity index is 1670. The summed E-state index contributed by atoms with van der Waals surface area (Å²) < 4.78 is 5.34. The molecule has 3 aliphatic heterocycles. The number of hydrogen-bond donors (Lipinski definition) is 4. The molecule has 3 aliphatic rings. The van der Waals surface area contributed by atoms with Gasteiger partial charge in [-0.25, -0.2) is 9.59 Å². The predicted molar refractivity (Wildman–Crippen MR) is 201 cm³/mol. The number of urea groups is 1. The van der Waals surface area contributed by atoms with Crippen molar-refractivity contribution in [1.82, 2.24) is 25.3 Å². The first-order chi connectivity index (χ1) is 25.7. The molecule has 54 heavy (non-hydrogen) atoms. The van der Waals surface area contributed by atoms with Gasteiger partial charge in [-0.1, -0.05) is 61.0 Å². The van der Waals surface area contributed by atoms with E-state index in [-0.39, 0.29) is 43.7 Å². The number of cyclic esters (lactones) is 1. The Morgan fingerprint density at radius 3 is 2.20 bits per heavy atom. The van der Waals surface area contributed by atoms with Crippen LogP contribution in [0.5, 0.6) is 0 Å². The highest BCUT2D eigenvalue weighted by Crippen LogP contribution is 2.26. The van der Waals surface area contributed by atoms with E-state index in [1.807, 2.05) is 31.2 Å². The number of fused-ring (bicyclic) bond motifs is 2. The van der Waals surface area contributed by atoms with Gasteiger partial charge in [0.1, 0.15) is 30.8 Å². The number of primary amides is 1. The van der Waals surface area contributed by atoms with Crippen LogP contribution in [0.15, 0.2) is 60.7 Å². The number of ether oxygens (including phenoxy) is 1. The van der Waals surface area contributed by atoms with Gasteiger partial charge in [0, 0.05) is 32.2 Å². The number of anilines is 1. The second-order valence-electron chi connectivity index (χ2n) is 13.4. The van der Waals surface area contributed by atoms with Crippen LogP contribution < -0.4 is 21.7 Å². The Kier molecular flexibility index (Phi) is 16.5. The second kappa shape index (κ2) is 21.0. The van der Waals surface area contributed by atoms with Crippen LogP contribution >= 0.6 is 0 Å². The lowest BCUT2D eigenvalue weighted by molar-refractivity contribution is -0.156. The van der Waals surface area contributed by atoms with Crippen molar-refractivity contribution in [3.63, 3.8) is 0 Å². The molecule has 5 N–H and O–H groups in total. The number of amides is 7. The number of carbonyl (C=O) groups is 7. The van der Waals surface area contributed by atoms with Crippen molar-refractivity contribution >= 4 is 47.2 Å². The molecule has 5 rings (SSSR count). The first kappa shape index (κ1) is 42.5. The van der Waals surface area contributed by atoms with Crippen molar-refractivity contribution in [3.8, 4) is 12.3 Å². The first-order valence-electron chi connectivity index (χ1n) is 17.9. The maximum absolute atomic E-state index is 13.2. The molecule has 2 aromatic carbocycles. The van der Waals surface area contributed by atoms with E-state index in [1.165, 1.54) is 27.3 Å². The largest absolute Gasteiger partial charge is 0.464 e. The minimum absolute atomic E-state index is 0.0364. The number of hydrogen-bond acceptors (Lipinski definition) is 8. The Balaban J connectivity index is 0.000000303. The van der Waals surface area contributed by atoms with Crippen LogP contribution in [0.1, 0.15) is 51.5 Å². The number of likely N-dealkylation sites (N-methyl/N-ethyl adjacent to an activating group) is 1. The van der Waals surface area contributed by atoms with E-state index in [0.29, 0.717) is 38.0 Å². The quantitative estimate of drug-likeness (QED) is 0.268. The van der Waals surface area contributed by atoms with Crippen molar-refractivity contribution in [2.45, 2.75) is 77.0 Å². The number of aryl methyl sites for hydroxylation is 1. The Hall–Kier alpha value is -5.91. The average molecular weight is 746 g/mol. The summed E-state index contributed by atoms with van der Waals surface area (Å²) in [6, 6.07) is 15.4. The fraction of sp³-hybridized carbons (Fsp3) is 0.462. The third kappa shape index (κ3) is 12.6. The number of nitrogens with one attached hydrogen (secondary N) is 3. The van der Waals surface area contributed by atoms with Gasteiger partial charge in [-0.15, -0.1) is 12.3 Å². The molecule has 5 unspecified atom stereocenters. The fourth-order valence-electron chi connectivity index (χ4n) is 6.24. The van der Waals surface area contributed by atoms with Gasteiger partial charge in [-0.2, -0.15) is 0 Å². The van der Waals surface area contributed by atoms with Crippen molar-refractivity contribution in [3.05, 3.63) is 66.2 Å².